The highest BCUT2D eigenvalue weighted by atomic mass is 32.2. The van der Waals surface area contributed by atoms with Gasteiger partial charge in [0.2, 0.25) is 5.89 Å². The molecule has 0 atom stereocenters. The van der Waals surface area contributed by atoms with Gasteiger partial charge in [0.1, 0.15) is 0 Å². The van der Waals surface area contributed by atoms with E-state index in [1.165, 1.54) is 17.3 Å². The van der Waals surface area contributed by atoms with Crippen molar-refractivity contribution in [1.29, 1.82) is 0 Å². The summed E-state index contributed by atoms with van der Waals surface area (Å²) in [6.45, 7) is 12.9. The normalized spacial score (nSPS) is 11.7. The molecule has 0 radical (unpaired) electrons. The highest BCUT2D eigenvalue weighted by Crippen LogP contribution is 2.28. The maximum atomic E-state index is 5.16. The van der Waals surface area contributed by atoms with Crippen LogP contribution in [0.1, 0.15) is 38.0 Å². The summed E-state index contributed by atoms with van der Waals surface area (Å²) in [7, 11) is 0. The minimum atomic E-state index is 0.122. The number of hydrogen-bond acceptors (Lipinski definition) is 6. The Labute approximate surface area is 157 Å². The Morgan fingerprint density at radius 2 is 1.92 bits per heavy atom. The van der Waals surface area contributed by atoms with Gasteiger partial charge in [0, 0.05) is 12.1 Å². The predicted octanol–water partition coefficient (Wildman–Crippen LogP) is 4.41. The topological polar surface area (TPSA) is 69.6 Å². The van der Waals surface area contributed by atoms with Gasteiger partial charge in [-0.15, -0.1) is 16.8 Å². The van der Waals surface area contributed by atoms with E-state index >= 15 is 0 Å². The minimum Gasteiger partial charge on any atom is -0.338 e. The summed E-state index contributed by atoms with van der Waals surface area (Å²) < 4.78 is 7.21. The number of nitrogens with zero attached hydrogens (tertiary/aromatic N) is 5. The standard InChI is InChI=1S/C19H23N5OS/c1-6-11-24-17(14-7-9-15(10-8-14)19(3,4)5)21-22-18(24)26-12-16-20-13(2)23-25-16/h6-10H,1,11-12H2,2-5H3. The Bertz CT molecular complexity index is 890. The van der Waals surface area contributed by atoms with Crippen LogP contribution in [0.3, 0.4) is 0 Å². The Kier molecular flexibility index (Phi) is 5.27. The summed E-state index contributed by atoms with van der Waals surface area (Å²) in [5.41, 5.74) is 2.45. The van der Waals surface area contributed by atoms with Gasteiger partial charge in [-0.3, -0.25) is 4.57 Å². The fourth-order valence-corrected chi connectivity index (χ4v) is 3.33. The molecule has 0 saturated heterocycles. The van der Waals surface area contributed by atoms with Gasteiger partial charge in [-0.2, -0.15) is 4.98 Å². The molecule has 0 amide bonds. The average Bonchev–Trinajstić information content (AvgIpc) is 3.19. The Balaban J connectivity index is 1.85. The summed E-state index contributed by atoms with van der Waals surface area (Å²) >= 11 is 1.52. The van der Waals surface area contributed by atoms with Crippen molar-refractivity contribution in [2.24, 2.45) is 0 Å². The van der Waals surface area contributed by atoms with Crippen molar-refractivity contribution in [3.05, 3.63) is 54.2 Å². The summed E-state index contributed by atoms with van der Waals surface area (Å²) in [6, 6.07) is 8.49. The van der Waals surface area contributed by atoms with E-state index in [2.05, 4.69) is 72.0 Å². The van der Waals surface area contributed by atoms with E-state index in [9.17, 15) is 0 Å². The maximum Gasteiger partial charge on any atom is 0.237 e. The molecule has 3 rings (SSSR count). The first-order valence-corrected chi connectivity index (χ1v) is 9.44. The molecular formula is C19H23N5OS. The molecule has 1 aromatic carbocycles. The Morgan fingerprint density at radius 1 is 1.19 bits per heavy atom. The zero-order chi connectivity index (χ0) is 18.7. The Morgan fingerprint density at radius 3 is 2.50 bits per heavy atom. The molecule has 3 aromatic rings. The molecule has 0 aliphatic rings. The van der Waals surface area contributed by atoms with Crippen molar-refractivity contribution in [3.8, 4) is 11.4 Å². The van der Waals surface area contributed by atoms with Gasteiger partial charge in [-0.05, 0) is 17.9 Å². The van der Waals surface area contributed by atoms with Gasteiger partial charge >= 0.3 is 0 Å². The zero-order valence-electron chi connectivity index (χ0n) is 15.6. The van der Waals surface area contributed by atoms with Crippen LogP contribution in [0.2, 0.25) is 0 Å². The van der Waals surface area contributed by atoms with Gasteiger partial charge in [0.25, 0.3) is 0 Å². The number of aromatic nitrogens is 5. The smallest absolute Gasteiger partial charge is 0.237 e. The van der Waals surface area contributed by atoms with Crippen LogP contribution in [0.4, 0.5) is 0 Å². The summed E-state index contributed by atoms with van der Waals surface area (Å²) in [6.07, 6.45) is 1.84. The number of aryl methyl sites for hydroxylation is 1. The van der Waals surface area contributed by atoms with Crippen LogP contribution in [0.5, 0.6) is 0 Å². The molecule has 0 fully saturated rings. The predicted molar refractivity (Wildman–Crippen MR) is 103 cm³/mol. The highest BCUT2D eigenvalue weighted by Gasteiger charge is 2.17. The summed E-state index contributed by atoms with van der Waals surface area (Å²) in [5, 5.41) is 13.3. The second-order valence-corrected chi connectivity index (χ2v) is 8.00. The molecule has 2 aromatic heterocycles. The van der Waals surface area contributed by atoms with Crippen LogP contribution in [-0.4, -0.2) is 24.9 Å². The largest absolute Gasteiger partial charge is 0.338 e. The molecule has 0 spiro atoms. The first-order chi connectivity index (χ1) is 12.4. The monoisotopic (exact) mass is 369 g/mol. The molecule has 136 valence electrons. The third-order valence-electron chi connectivity index (χ3n) is 3.93. The lowest BCUT2D eigenvalue weighted by atomic mass is 9.87. The zero-order valence-corrected chi connectivity index (χ0v) is 16.4. The van der Waals surface area contributed by atoms with E-state index < -0.39 is 0 Å². The van der Waals surface area contributed by atoms with Crippen LogP contribution in [0.25, 0.3) is 11.4 Å². The molecule has 0 unspecified atom stereocenters. The molecule has 6 nitrogen and oxygen atoms in total. The lowest BCUT2D eigenvalue weighted by Gasteiger charge is -2.19. The van der Waals surface area contributed by atoms with Crippen molar-refractivity contribution in [2.75, 3.05) is 0 Å². The van der Waals surface area contributed by atoms with E-state index in [1.54, 1.807) is 6.92 Å². The van der Waals surface area contributed by atoms with Gasteiger partial charge in [0.05, 0.1) is 5.75 Å². The number of benzene rings is 1. The first kappa shape index (κ1) is 18.4. The Hall–Kier alpha value is -2.41. The van der Waals surface area contributed by atoms with Gasteiger partial charge < -0.3 is 4.52 Å². The molecule has 0 bridgehead atoms. The van der Waals surface area contributed by atoms with Crippen LogP contribution in [-0.2, 0) is 17.7 Å². The quantitative estimate of drug-likeness (QED) is 0.473. The molecule has 7 heteroatoms. The molecular weight excluding hydrogens is 346 g/mol. The van der Waals surface area contributed by atoms with Crippen molar-refractivity contribution in [2.45, 2.75) is 50.6 Å². The SMILES string of the molecule is C=CCn1c(SCc2nc(C)no2)nnc1-c1ccc(C(C)(C)C)cc1. The van der Waals surface area contributed by atoms with Crippen LogP contribution in [0, 0.1) is 6.92 Å². The molecule has 0 N–H and O–H groups in total. The third-order valence-corrected chi connectivity index (χ3v) is 4.88. The van der Waals surface area contributed by atoms with E-state index in [1.807, 2.05) is 10.6 Å². The number of allylic oxidation sites excluding steroid dienone is 1. The fraction of sp³-hybridized carbons (Fsp3) is 0.368. The molecule has 26 heavy (non-hydrogen) atoms. The van der Waals surface area contributed by atoms with Crippen molar-refractivity contribution >= 4 is 11.8 Å². The van der Waals surface area contributed by atoms with Gasteiger partial charge in [0.15, 0.2) is 16.8 Å². The van der Waals surface area contributed by atoms with Crippen molar-refractivity contribution < 1.29 is 4.52 Å². The second-order valence-electron chi connectivity index (χ2n) is 7.06. The average molecular weight is 369 g/mol. The van der Waals surface area contributed by atoms with Gasteiger partial charge in [-0.1, -0.05) is 68.0 Å². The van der Waals surface area contributed by atoms with Crippen LogP contribution in [0.15, 0.2) is 46.6 Å². The number of thioether (sulfide) groups is 1. The fourth-order valence-electron chi connectivity index (χ4n) is 2.55. The minimum absolute atomic E-state index is 0.122. The van der Waals surface area contributed by atoms with E-state index in [-0.39, 0.29) is 5.41 Å². The first-order valence-electron chi connectivity index (χ1n) is 8.45. The van der Waals surface area contributed by atoms with Crippen molar-refractivity contribution in [3.63, 3.8) is 0 Å². The lowest BCUT2D eigenvalue weighted by molar-refractivity contribution is 0.387. The molecule has 0 saturated carbocycles. The number of hydrogen-bond donors (Lipinski definition) is 0. The molecule has 0 aliphatic heterocycles. The molecule has 0 aliphatic carbocycles. The van der Waals surface area contributed by atoms with Crippen LogP contribution >= 0.6 is 11.8 Å². The van der Waals surface area contributed by atoms with Crippen LogP contribution < -0.4 is 0 Å². The van der Waals surface area contributed by atoms with Crippen molar-refractivity contribution in [1.82, 2.24) is 24.9 Å². The van der Waals surface area contributed by atoms with E-state index in [0.717, 1.165) is 16.5 Å². The van der Waals surface area contributed by atoms with E-state index in [0.29, 0.717) is 24.0 Å². The maximum absolute atomic E-state index is 5.16. The second kappa shape index (κ2) is 7.45. The number of rotatable bonds is 6. The lowest BCUT2D eigenvalue weighted by Crippen LogP contribution is -2.10. The molecule has 2 heterocycles. The highest BCUT2D eigenvalue weighted by molar-refractivity contribution is 7.98. The van der Waals surface area contributed by atoms with E-state index in [4.69, 9.17) is 4.52 Å². The third kappa shape index (κ3) is 4.04. The summed E-state index contributed by atoms with van der Waals surface area (Å²) in [5.74, 6) is 2.60. The summed E-state index contributed by atoms with van der Waals surface area (Å²) in [4.78, 5) is 4.22. The van der Waals surface area contributed by atoms with Gasteiger partial charge in [-0.25, -0.2) is 0 Å².